The molecule has 8 nitrogen and oxygen atoms in total. The van der Waals surface area contributed by atoms with Crippen molar-refractivity contribution in [3.8, 4) is 17.1 Å². The van der Waals surface area contributed by atoms with Crippen molar-refractivity contribution < 1.29 is 13.9 Å². The van der Waals surface area contributed by atoms with Gasteiger partial charge in [-0.15, -0.1) is 20.4 Å². The van der Waals surface area contributed by atoms with Crippen LogP contribution in [0.4, 0.5) is 4.39 Å². The van der Waals surface area contributed by atoms with Gasteiger partial charge in [0.1, 0.15) is 5.75 Å². The van der Waals surface area contributed by atoms with Crippen molar-refractivity contribution in [2.75, 3.05) is 13.2 Å². The van der Waals surface area contributed by atoms with Crippen LogP contribution in [0.25, 0.3) is 11.4 Å². The van der Waals surface area contributed by atoms with E-state index in [9.17, 15) is 9.18 Å². The SMILES string of the molecule is O=C(NCCCOc1ccc(-c2nncnn2)cc1)c1ccc(F)nc1. The molecule has 0 atom stereocenters. The molecule has 132 valence electrons. The van der Waals surface area contributed by atoms with Crippen LogP contribution in [0.2, 0.25) is 0 Å². The Labute approximate surface area is 148 Å². The van der Waals surface area contributed by atoms with Crippen LogP contribution in [0, 0.1) is 5.95 Å². The van der Waals surface area contributed by atoms with Crippen molar-refractivity contribution in [1.82, 2.24) is 30.7 Å². The molecule has 0 aliphatic heterocycles. The second-order valence-electron chi connectivity index (χ2n) is 5.22. The summed E-state index contributed by atoms with van der Waals surface area (Å²) in [6.45, 7) is 0.871. The lowest BCUT2D eigenvalue weighted by molar-refractivity contribution is 0.0951. The lowest BCUT2D eigenvalue weighted by atomic mass is 10.2. The Hall–Kier alpha value is -3.49. The minimum atomic E-state index is -0.618. The number of carbonyl (C=O) groups is 1. The van der Waals surface area contributed by atoms with E-state index >= 15 is 0 Å². The molecule has 1 N–H and O–H groups in total. The van der Waals surface area contributed by atoms with E-state index in [4.69, 9.17) is 4.74 Å². The minimum absolute atomic E-state index is 0.299. The molecule has 0 unspecified atom stereocenters. The van der Waals surface area contributed by atoms with E-state index in [-0.39, 0.29) is 5.91 Å². The first kappa shape index (κ1) is 17.3. The van der Waals surface area contributed by atoms with Gasteiger partial charge in [0.25, 0.3) is 5.91 Å². The first-order valence-corrected chi connectivity index (χ1v) is 7.86. The normalized spacial score (nSPS) is 10.3. The summed E-state index contributed by atoms with van der Waals surface area (Å²) >= 11 is 0. The summed E-state index contributed by atoms with van der Waals surface area (Å²) in [7, 11) is 0. The first-order chi connectivity index (χ1) is 12.7. The number of amides is 1. The smallest absolute Gasteiger partial charge is 0.252 e. The number of hydrogen-bond donors (Lipinski definition) is 1. The van der Waals surface area contributed by atoms with Crippen LogP contribution in [-0.4, -0.2) is 44.4 Å². The summed E-state index contributed by atoms with van der Waals surface area (Å²) in [4.78, 5) is 15.3. The minimum Gasteiger partial charge on any atom is -0.494 e. The molecular formula is C17H15FN6O2. The summed E-state index contributed by atoms with van der Waals surface area (Å²) in [6, 6.07) is 9.77. The maximum absolute atomic E-state index is 12.7. The van der Waals surface area contributed by atoms with E-state index in [1.807, 2.05) is 12.1 Å². The number of pyridine rings is 1. The molecule has 0 radical (unpaired) electrons. The molecule has 0 fully saturated rings. The molecule has 3 aromatic rings. The third-order valence-electron chi connectivity index (χ3n) is 3.39. The maximum atomic E-state index is 12.7. The lowest BCUT2D eigenvalue weighted by Crippen LogP contribution is -2.25. The van der Waals surface area contributed by atoms with Crippen LogP contribution in [0.3, 0.4) is 0 Å². The quantitative estimate of drug-likeness (QED) is 0.508. The number of rotatable bonds is 7. The van der Waals surface area contributed by atoms with Gasteiger partial charge in [-0.05, 0) is 42.8 Å². The Morgan fingerprint density at radius 1 is 1.08 bits per heavy atom. The number of nitrogens with one attached hydrogen (secondary N) is 1. The average Bonchev–Trinajstić information content (AvgIpc) is 2.69. The molecule has 9 heteroatoms. The Morgan fingerprint density at radius 2 is 1.85 bits per heavy atom. The van der Waals surface area contributed by atoms with Gasteiger partial charge in [0.2, 0.25) is 11.8 Å². The summed E-state index contributed by atoms with van der Waals surface area (Å²) in [5.74, 6) is 0.218. The number of benzene rings is 1. The van der Waals surface area contributed by atoms with Crippen LogP contribution < -0.4 is 10.1 Å². The molecule has 0 bridgehead atoms. The van der Waals surface area contributed by atoms with E-state index < -0.39 is 5.95 Å². The average molecular weight is 354 g/mol. The van der Waals surface area contributed by atoms with Crippen molar-refractivity contribution in [2.24, 2.45) is 0 Å². The predicted molar refractivity (Wildman–Crippen MR) is 89.7 cm³/mol. The van der Waals surface area contributed by atoms with E-state index in [0.717, 1.165) is 11.6 Å². The molecule has 1 amide bonds. The molecule has 2 aromatic heterocycles. The van der Waals surface area contributed by atoms with Gasteiger partial charge in [-0.3, -0.25) is 4.79 Å². The molecule has 0 saturated carbocycles. The Morgan fingerprint density at radius 3 is 2.54 bits per heavy atom. The van der Waals surface area contributed by atoms with Crippen molar-refractivity contribution in [2.45, 2.75) is 6.42 Å². The molecule has 0 aliphatic rings. The Kier molecular flexibility index (Phi) is 5.71. The summed E-state index contributed by atoms with van der Waals surface area (Å²) in [6.07, 6.45) is 3.09. The maximum Gasteiger partial charge on any atom is 0.252 e. The fourth-order valence-electron chi connectivity index (χ4n) is 2.10. The monoisotopic (exact) mass is 354 g/mol. The fourth-order valence-corrected chi connectivity index (χ4v) is 2.10. The number of nitrogens with zero attached hydrogens (tertiary/aromatic N) is 5. The van der Waals surface area contributed by atoms with Gasteiger partial charge >= 0.3 is 0 Å². The van der Waals surface area contributed by atoms with Crippen LogP contribution in [0.15, 0.2) is 48.9 Å². The zero-order valence-corrected chi connectivity index (χ0v) is 13.7. The number of carbonyl (C=O) groups excluding carboxylic acids is 1. The highest BCUT2D eigenvalue weighted by Gasteiger charge is 2.06. The van der Waals surface area contributed by atoms with Gasteiger partial charge < -0.3 is 10.1 Å². The highest BCUT2D eigenvalue weighted by Crippen LogP contribution is 2.18. The van der Waals surface area contributed by atoms with Crippen molar-refractivity contribution in [3.05, 3.63) is 60.4 Å². The summed E-state index contributed by atoms with van der Waals surface area (Å²) in [5, 5.41) is 17.9. The second-order valence-corrected chi connectivity index (χ2v) is 5.22. The predicted octanol–water partition coefficient (Wildman–Crippen LogP) is 1.67. The van der Waals surface area contributed by atoms with Gasteiger partial charge in [-0.25, -0.2) is 4.98 Å². The number of hydrogen-bond acceptors (Lipinski definition) is 7. The number of ether oxygens (including phenoxy) is 1. The number of halogens is 1. The van der Waals surface area contributed by atoms with Gasteiger partial charge in [-0.2, -0.15) is 4.39 Å². The molecule has 0 saturated heterocycles. The van der Waals surface area contributed by atoms with E-state index in [0.29, 0.717) is 36.7 Å². The lowest BCUT2D eigenvalue weighted by Gasteiger charge is -2.08. The Bertz CT molecular complexity index is 843. The highest BCUT2D eigenvalue weighted by atomic mass is 19.1. The molecule has 0 spiro atoms. The zero-order chi connectivity index (χ0) is 18.2. The molecule has 3 rings (SSSR count). The molecular weight excluding hydrogens is 339 g/mol. The van der Waals surface area contributed by atoms with Gasteiger partial charge in [0, 0.05) is 18.3 Å². The highest BCUT2D eigenvalue weighted by molar-refractivity contribution is 5.93. The fraction of sp³-hybridized carbons (Fsp3) is 0.176. The van der Waals surface area contributed by atoms with E-state index in [1.54, 1.807) is 12.1 Å². The third kappa shape index (κ3) is 4.76. The van der Waals surface area contributed by atoms with Crippen LogP contribution in [-0.2, 0) is 0 Å². The molecule has 2 heterocycles. The largest absolute Gasteiger partial charge is 0.494 e. The van der Waals surface area contributed by atoms with Crippen molar-refractivity contribution >= 4 is 5.91 Å². The summed E-state index contributed by atoms with van der Waals surface area (Å²) in [5.41, 5.74) is 1.10. The first-order valence-electron chi connectivity index (χ1n) is 7.86. The van der Waals surface area contributed by atoms with Crippen molar-refractivity contribution in [3.63, 3.8) is 0 Å². The van der Waals surface area contributed by atoms with E-state index in [2.05, 4.69) is 30.7 Å². The van der Waals surface area contributed by atoms with Crippen LogP contribution in [0.1, 0.15) is 16.8 Å². The van der Waals surface area contributed by atoms with Gasteiger partial charge in [0.05, 0.1) is 12.2 Å². The van der Waals surface area contributed by atoms with Gasteiger partial charge in [-0.1, -0.05) is 0 Å². The van der Waals surface area contributed by atoms with Crippen molar-refractivity contribution in [1.29, 1.82) is 0 Å². The zero-order valence-electron chi connectivity index (χ0n) is 13.7. The standard InChI is InChI=1S/C17H15FN6O2/c18-15-7-4-13(10-20-15)17(25)19-8-1-9-26-14-5-2-12(3-6-14)16-23-21-11-22-24-16/h2-7,10-11H,1,8-9H2,(H,19,25). The van der Waals surface area contributed by atoms with Crippen LogP contribution in [0.5, 0.6) is 5.75 Å². The van der Waals surface area contributed by atoms with Gasteiger partial charge in [0.15, 0.2) is 6.33 Å². The third-order valence-corrected chi connectivity index (χ3v) is 3.39. The topological polar surface area (TPSA) is 103 Å². The molecule has 0 aliphatic carbocycles. The van der Waals surface area contributed by atoms with E-state index in [1.165, 1.54) is 18.6 Å². The Balaban J connectivity index is 1.40. The summed E-state index contributed by atoms with van der Waals surface area (Å²) < 4.78 is 18.3. The second kappa shape index (κ2) is 8.56. The molecule has 26 heavy (non-hydrogen) atoms. The molecule has 1 aromatic carbocycles. The van der Waals surface area contributed by atoms with Crippen LogP contribution >= 0.6 is 0 Å². The number of aromatic nitrogens is 5.